The summed E-state index contributed by atoms with van der Waals surface area (Å²) in [6.07, 6.45) is 0. The fourth-order valence-electron chi connectivity index (χ4n) is 3.74. The minimum Gasteiger partial charge on any atom is -0.436 e. The molecule has 156 valence electrons. The van der Waals surface area contributed by atoms with E-state index in [2.05, 4.69) is 15.6 Å². The lowest BCUT2D eigenvalue weighted by Crippen LogP contribution is -2.34. The first-order chi connectivity index (χ1) is 15.6. The maximum absolute atomic E-state index is 12.9. The highest BCUT2D eigenvalue weighted by Gasteiger charge is 2.15. The Balaban J connectivity index is 1.37. The summed E-state index contributed by atoms with van der Waals surface area (Å²) < 4.78 is 5.92. The molecule has 0 fully saturated rings. The molecule has 2 N–H and O–H groups in total. The SMILES string of the molecule is Cc1c(NC(=S)NC(=O)c2cccc3ccccc23)cccc1-c1nc2ccccc2o1. The van der Waals surface area contributed by atoms with Crippen molar-refractivity contribution in [3.05, 3.63) is 96.1 Å². The topological polar surface area (TPSA) is 67.2 Å². The molecule has 0 aliphatic heterocycles. The standard InChI is InChI=1S/C26H19N3O2S/c1-16-18(25-27-22-13-4-5-15-23(22)31-25)11-7-14-21(16)28-26(32)29-24(30)20-12-6-9-17-8-2-3-10-19(17)20/h2-15H,1H3,(H2,28,29,30,32). The normalized spacial score (nSPS) is 10.9. The number of aromatic nitrogens is 1. The summed E-state index contributed by atoms with van der Waals surface area (Å²) in [5.74, 6) is 0.283. The highest BCUT2D eigenvalue weighted by molar-refractivity contribution is 7.80. The van der Waals surface area contributed by atoms with Crippen molar-refractivity contribution in [2.75, 3.05) is 5.32 Å². The molecule has 0 aliphatic carbocycles. The molecule has 0 unspecified atom stereocenters. The van der Waals surface area contributed by atoms with Gasteiger partial charge in [-0.2, -0.15) is 0 Å². The Morgan fingerprint density at radius 2 is 1.66 bits per heavy atom. The zero-order valence-electron chi connectivity index (χ0n) is 17.3. The molecule has 6 heteroatoms. The molecule has 5 aromatic rings. The van der Waals surface area contributed by atoms with Crippen LogP contribution in [0.5, 0.6) is 0 Å². The summed E-state index contributed by atoms with van der Waals surface area (Å²) in [7, 11) is 0. The summed E-state index contributed by atoms with van der Waals surface area (Å²) >= 11 is 5.42. The third-order valence-corrected chi connectivity index (χ3v) is 5.57. The number of carbonyl (C=O) groups is 1. The number of oxazole rings is 1. The third kappa shape index (κ3) is 3.72. The van der Waals surface area contributed by atoms with Crippen LogP contribution in [-0.2, 0) is 0 Å². The molecule has 0 atom stereocenters. The Morgan fingerprint density at radius 1 is 0.906 bits per heavy atom. The molecule has 0 saturated heterocycles. The number of hydrogen-bond acceptors (Lipinski definition) is 4. The van der Waals surface area contributed by atoms with Gasteiger partial charge in [-0.15, -0.1) is 0 Å². The van der Waals surface area contributed by atoms with Gasteiger partial charge in [-0.3, -0.25) is 10.1 Å². The van der Waals surface area contributed by atoms with Crippen molar-refractivity contribution in [3.8, 4) is 11.5 Å². The van der Waals surface area contributed by atoms with E-state index in [1.807, 2.05) is 85.8 Å². The number of thiocarbonyl (C=S) groups is 1. The van der Waals surface area contributed by atoms with Crippen LogP contribution >= 0.6 is 12.2 Å². The first-order valence-electron chi connectivity index (χ1n) is 10.2. The van der Waals surface area contributed by atoms with E-state index in [-0.39, 0.29) is 11.0 Å². The van der Waals surface area contributed by atoms with Crippen LogP contribution in [0.25, 0.3) is 33.3 Å². The van der Waals surface area contributed by atoms with E-state index in [1.165, 1.54) is 0 Å². The second-order valence-electron chi connectivity index (χ2n) is 7.40. The van der Waals surface area contributed by atoms with E-state index < -0.39 is 0 Å². The smallest absolute Gasteiger partial charge is 0.258 e. The van der Waals surface area contributed by atoms with Gasteiger partial charge in [0.1, 0.15) is 5.52 Å². The maximum atomic E-state index is 12.9. The largest absolute Gasteiger partial charge is 0.436 e. The van der Waals surface area contributed by atoms with Gasteiger partial charge >= 0.3 is 0 Å². The van der Waals surface area contributed by atoms with Gasteiger partial charge in [-0.1, -0.05) is 54.6 Å². The van der Waals surface area contributed by atoms with Crippen molar-refractivity contribution in [1.82, 2.24) is 10.3 Å². The van der Waals surface area contributed by atoms with Crippen LogP contribution < -0.4 is 10.6 Å². The molecule has 32 heavy (non-hydrogen) atoms. The van der Waals surface area contributed by atoms with E-state index in [1.54, 1.807) is 6.07 Å². The first kappa shape index (κ1) is 19.9. The fourth-order valence-corrected chi connectivity index (χ4v) is 3.94. The predicted octanol–water partition coefficient (Wildman–Crippen LogP) is 6.08. The van der Waals surface area contributed by atoms with Gasteiger partial charge in [0, 0.05) is 16.8 Å². The lowest BCUT2D eigenvalue weighted by Gasteiger charge is -2.14. The van der Waals surface area contributed by atoms with E-state index in [9.17, 15) is 4.79 Å². The molecule has 0 bridgehead atoms. The molecule has 5 rings (SSSR count). The molecule has 0 aliphatic rings. The molecule has 4 aromatic carbocycles. The Kier molecular flexibility index (Phi) is 5.13. The lowest BCUT2D eigenvalue weighted by molar-refractivity contribution is 0.0979. The number of amides is 1. The summed E-state index contributed by atoms with van der Waals surface area (Å²) in [6.45, 7) is 1.96. The molecule has 0 saturated carbocycles. The van der Waals surface area contributed by atoms with Crippen molar-refractivity contribution in [1.29, 1.82) is 0 Å². The third-order valence-electron chi connectivity index (χ3n) is 5.37. The summed E-state index contributed by atoms with van der Waals surface area (Å²) in [5.41, 5.74) is 4.66. The second kappa shape index (κ2) is 8.24. The van der Waals surface area contributed by atoms with E-state index in [0.717, 1.165) is 38.7 Å². The molecule has 0 radical (unpaired) electrons. The Morgan fingerprint density at radius 3 is 2.53 bits per heavy atom. The zero-order valence-corrected chi connectivity index (χ0v) is 18.1. The fraction of sp³-hybridized carbons (Fsp3) is 0.0385. The molecule has 1 aromatic heterocycles. The van der Waals surface area contributed by atoms with Crippen LogP contribution in [0, 0.1) is 6.92 Å². The quantitative estimate of drug-likeness (QED) is 0.335. The summed E-state index contributed by atoms with van der Waals surface area (Å²) in [6, 6.07) is 26.8. The number of rotatable bonds is 3. The maximum Gasteiger partial charge on any atom is 0.258 e. The highest BCUT2D eigenvalue weighted by Crippen LogP contribution is 2.30. The molecule has 1 heterocycles. The van der Waals surface area contributed by atoms with Crippen molar-refractivity contribution >= 4 is 50.8 Å². The van der Waals surface area contributed by atoms with Crippen LogP contribution in [-0.4, -0.2) is 16.0 Å². The van der Waals surface area contributed by atoms with Crippen LogP contribution in [0.1, 0.15) is 15.9 Å². The van der Waals surface area contributed by atoms with Gasteiger partial charge in [0.15, 0.2) is 10.7 Å². The van der Waals surface area contributed by atoms with Gasteiger partial charge in [0.2, 0.25) is 5.89 Å². The van der Waals surface area contributed by atoms with E-state index in [0.29, 0.717) is 11.5 Å². The average molecular weight is 438 g/mol. The average Bonchev–Trinajstić information content (AvgIpc) is 3.24. The van der Waals surface area contributed by atoms with Crippen LogP contribution in [0.2, 0.25) is 0 Å². The lowest BCUT2D eigenvalue weighted by atomic mass is 10.0. The number of para-hydroxylation sites is 2. The van der Waals surface area contributed by atoms with Crippen LogP contribution in [0.4, 0.5) is 5.69 Å². The second-order valence-corrected chi connectivity index (χ2v) is 7.81. The zero-order chi connectivity index (χ0) is 22.1. The van der Waals surface area contributed by atoms with Crippen molar-refractivity contribution < 1.29 is 9.21 Å². The Labute approximate surface area is 190 Å². The number of nitrogens with zero attached hydrogens (tertiary/aromatic N) is 1. The molecular formula is C26H19N3O2S. The van der Waals surface area contributed by atoms with Gasteiger partial charge in [-0.25, -0.2) is 4.98 Å². The first-order valence-corrected chi connectivity index (χ1v) is 10.6. The number of fused-ring (bicyclic) bond motifs is 2. The van der Waals surface area contributed by atoms with Crippen LogP contribution in [0.15, 0.2) is 89.3 Å². The van der Waals surface area contributed by atoms with Crippen molar-refractivity contribution in [2.45, 2.75) is 6.92 Å². The Bertz CT molecular complexity index is 1450. The minimum absolute atomic E-state index is 0.223. The van der Waals surface area contributed by atoms with Crippen molar-refractivity contribution in [2.24, 2.45) is 0 Å². The summed E-state index contributed by atoms with van der Waals surface area (Å²) in [5, 5.41) is 8.02. The van der Waals surface area contributed by atoms with Gasteiger partial charge in [-0.05, 0) is 65.8 Å². The van der Waals surface area contributed by atoms with Gasteiger partial charge in [0.25, 0.3) is 5.91 Å². The highest BCUT2D eigenvalue weighted by atomic mass is 32.1. The number of carbonyl (C=O) groups excluding carboxylic acids is 1. The van der Waals surface area contributed by atoms with E-state index >= 15 is 0 Å². The number of benzene rings is 4. The molecule has 5 nitrogen and oxygen atoms in total. The minimum atomic E-state index is -0.257. The molecular weight excluding hydrogens is 418 g/mol. The Hall–Kier alpha value is -4.03. The summed E-state index contributed by atoms with van der Waals surface area (Å²) in [4.78, 5) is 17.5. The number of nitrogens with one attached hydrogen (secondary N) is 2. The van der Waals surface area contributed by atoms with Crippen LogP contribution in [0.3, 0.4) is 0 Å². The molecule has 0 spiro atoms. The number of anilines is 1. The van der Waals surface area contributed by atoms with Gasteiger partial charge in [0.05, 0.1) is 0 Å². The predicted molar refractivity (Wildman–Crippen MR) is 132 cm³/mol. The number of hydrogen-bond donors (Lipinski definition) is 2. The molecule has 1 amide bonds. The van der Waals surface area contributed by atoms with Crippen molar-refractivity contribution in [3.63, 3.8) is 0 Å². The van der Waals surface area contributed by atoms with E-state index in [4.69, 9.17) is 16.6 Å². The van der Waals surface area contributed by atoms with Gasteiger partial charge < -0.3 is 9.73 Å². The monoisotopic (exact) mass is 437 g/mol.